The van der Waals surface area contributed by atoms with Crippen LogP contribution in [0.5, 0.6) is 0 Å². The van der Waals surface area contributed by atoms with Crippen molar-refractivity contribution in [1.82, 2.24) is 19.7 Å². The fourth-order valence-electron chi connectivity index (χ4n) is 2.70. The first-order chi connectivity index (χ1) is 12.8. The molecular weight excluding hydrogens is 362 g/mol. The van der Waals surface area contributed by atoms with Gasteiger partial charge in [-0.1, -0.05) is 31.7 Å². The Hall–Kier alpha value is -2.35. The fourth-order valence-corrected chi connectivity index (χ4v) is 3.39. The van der Waals surface area contributed by atoms with Crippen LogP contribution in [0, 0.1) is 5.92 Å². The highest BCUT2D eigenvalue weighted by atomic mass is 32.2. The van der Waals surface area contributed by atoms with Crippen molar-refractivity contribution in [2.24, 2.45) is 13.0 Å². The molecule has 27 heavy (non-hydrogen) atoms. The van der Waals surface area contributed by atoms with Crippen molar-refractivity contribution < 1.29 is 9.59 Å². The second-order valence-corrected chi connectivity index (χ2v) is 7.98. The molecule has 2 rings (SSSR count). The summed E-state index contributed by atoms with van der Waals surface area (Å²) in [5, 5.41) is 11.2. The lowest BCUT2D eigenvalue weighted by Gasteiger charge is -2.26. The quantitative estimate of drug-likeness (QED) is 0.702. The van der Waals surface area contributed by atoms with Gasteiger partial charge in [0.15, 0.2) is 5.16 Å². The molecule has 0 fully saturated rings. The third kappa shape index (κ3) is 6.09. The number of aryl methyl sites for hydroxylation is 1. The zero-order valence-corrected chi connectivity index (χ0v) is 17.3. The molecule has 1 aromatic carbocycles. The Balaban J connectivity index is 1.96. The minimum atomic E-state index is -0.158. The summed E-state index contributed by atoms with van der Waals surface area (Å²) in [6.45, 7) is 6.33. The van der Waals surface area contributed by atoms with Gasteiger partial charge in [0.25, 0.3) is 5.91 Å². The number of hydrogen-bond donors (Lipinski definition) is 1. The molecule has 2 aromatic rings. The molecule has 1 aromatic heterocycles. The van der Waals surface area contributed by atoms with Crippen LogP contribution in [0.3, 0.4) is 0 Å². The van der Waals surface area contributed by atoms with Gasteiger partial charge in [-0.2, -0.15) is 0 Å². The third-order valence-corrected chi connectivity index (χ3v) is 5.22. The summed E-state index contributed by atoms with van der Waals surface area (Å²) >= 11 is 1.31. The fraction of sp³-hybridized carbons (Fsp3) is 0.474. The van der Waals surface area contributed by atoms with Crippen molar-refractivity contribution in [3.63, 3.8) is 0 Å². The monoisotopic (exact) mass is 389 g/mol. The highest BCUT2D eigenvalue weighted by Gasteiger charge is 2.19. The van der Waals surface area contributed by atoms with Gasteiger partial charge in [-0.15, -0.1) is 10.2 Å². The van der Waals surface area contributed by atoms with Gasteiger partial charge >= 0.3 is 0 Å². The van der Waals surface area contributed by atoms with E-state index in [4.69, 9.17) is 0 Å². The highest BCUT2D eigenvalue weighted by molar-refractivity contribution is 7.99. The summed E-state index contributed by atoms with van der Waals surface area (Å²) in [5.41, 5.74) is 1.17. The zero-order chi connectivity index (χ0) is 20.0. The van der Waals surface area contributed by atoms with Crippen LogP contribution < -0.4 is 5.32 Å². The highest BCUT2D eigenvalue weighted by Crippen LogP contribution is 2.18. The molecule has 1 atom stereocenters. The molecule has 2 amide bonds. The van der Waals surface area contributed by atoms with E-state index in [1.807, 2.05) is 21.0 Å². The minimum absolute atomic E-state index is 0.0484. The molecule has 0 saturated carbocycles. The average Bonchev–Trinajstić information content (AvgIpc) is 3.03. The largest absolute Gasteiger partial charge is 0.339 e. The number of rotatable bonds is 8. The molecule has 146 valence electrons. The van der Waals surface area contributed by atoms with Crippen LogP contribution in [-0.4, -0.2) is 50.3 Å². The summed E-state index contributed by atoms with van der Waals surface area (Å²) < 4.78 is 1.76. The van der Waals surface area contributed by atoms with E-state index < -0.39 is 0 Å². The second-order valence-electron chi connectivity index (χ2n) is 7.04. The molecule has 0 bridgehead atoms. The van der Waals surface area contributed by atoms with Gasteiger partial charge < -0.3 is 14.8 Å². The number of nitrogens with one attached hydrogen (secondary N) is 1. The number of thioether (sulfide) groups is 1. The number of nitrogens with zero attached hydrogens (tertiary/aromatic N) is 4. The molecule has 0 aliphatic heterocycles. The predicted octanol–water partition coefficient (Wildman–Crippen LogP) is 3.05. The molecule has 7 nitrogen and oxygen atoms in total. The third-order valence-electron chi connectivity index (χ3n) is 4.19. The topological polar surface area (TPSA) is 80.1 Å². The Morgan fingerprint density at radius 2 is 2.04 bits per heavy atom. The van der Waals surface area contributed by atoms with E-state index >= 15 is 0 Å². The smallest absolute Gasteiger partial charge is 0.253 e. The molecule has 1 unspecified atom stereocenters. The first-order valence-electron chi connectivity index (χ1n) is 8.91. The van der Waals surface area contributed by atoms with Crippen LogP contribution in [-0.2, 0) is 11.8 Å². The van der Waals surface area contributed by atoms with E-state index in [9.17, 15) is 9.59 Å². The van der Waals surface area contributed by atoms with Gasteiger partial charge in [-0.05, 0) is 37.5 Å². The predicted molar refractivity (Wildman–Crippen MR) is 108 cm³/mol. The van der Waals surface area contributed by atoms with E-state index in [-0.39, 0.29) is 23.6 Å². The van der Waals surface area contributed by atoms with E-state index in [0.717, 1.165) is 6.42 Å². The number of amides is 2. The van der Waals surface area contributed by atoms with Gasteiger partial charge in [0, 0.05) is 31.4 Å². The van der Waals surface area contributed by atoms with Crippen LogP contribution in [0.25, 0.3) is 0 Å². The van der Waals surface area contributed by atoms with E-state index in [1.165, 1.54) is 11.8 Å². The summed E-state index contributed by atoms with van der Waals surface area (Å²) in [5.74, 6) is 0.532. The van der Waals surface area contributed by atoms with Crippen LogP contribution >= 0.6 is 11.8 Å². The molecule has 1 heterocycles. The number of aromatic nitrogens is 3. The lowest BCUT2D eigenvalue weighted by atomic mass is 10.0. The first-order valence-corrected chi connectivity index (χ1v) is 9.90. The van der Waals surface area contributed by atoms with E-state index in [0.29, 0.717) is 22.3 Å². The minimum Gasteiger partial charge on any atom is -0.339 e. The lowest BCUT2D eigenvalue weighted by Crippen LogP contribution is -2.35. The Morgan fingerprint density at radius 1 is 1.30 bits per heavy atom. The van der Waals surface area contributed by atoms with Gasteiger partial charge in [0.2, 0.25) is 5.91 Å². The number of anilines is 1. The molecular formula is C19H27N5O2S. The Morgan fingerprint density at radius 3 is 2.67 bits per heavy atom. The number of carbonyl (C=O) groups is 2. The van der Waals surface area contributed by atoms with Gasteiger partial charge in [0.1, 0.15) is 6.33 Å². The Kier molecular flexibility index (Phi) is 7.41. The second kappa shape index (κ2) is 9.55. The van der Waals surface area contributed by atoms with Gasteiger partial charge in [-0.3, -0.25) is 9.59 Å². The van der Waals surface area contributed by atoms with Crippen molar-refractivity contribution in [3.8, 4) is 0 Å². The van der Waals surface area contributed by atoms with Crippen molar-refractivity contribution in [2.75, 3.05) is 18.1 Å². The Labute approximate surface area is 164 Å². The maximum atomic E-state index is 12.7. The molecule has 0 saturated heterocycles. The molecule has 0 aliphatic carbocycles. The van der Waals surface area contributed by atoms with E-state index in [1.54, 1.807) is 40.1 Å². The molecule has 8 heteroatoms. The van der Waals surface area contributed by atoms with Crippen molar-refractivity contribution in [2.45, 2.75) is 38.4 Å². The van der Waals surface area contributed by atoms with Gasteiger partial charge in [0.05, 0.1) is 5.75 Å². The summed E-state index contributed by atoms with van der Waals surface area (Å²) in [6, 6.07) is 7.19. The number of benzene rings is 1. The Bertz CT molecular complexity index is 790. The van der Waals surface area contributed by atoms with Gasteiger partial charge in [-0.25, -0.2) is 0 Å². The van der Waals surface area contributed by atoms with Crippen molar-refractivity contribution >= 4 is 29.3 Å². The first kappa shape index (κ1) is 21.0. The van der Waals surface area contributed by atoms with Crippen molar-refractivity contribution in [3.05, 3.63) is 36.2 Å². The average molecular weight is 390 g/mol. The standard InChI is InChI=1S/C19H27N5O2S/c1-13(2)9-14(3)24(5)18(26)15-7-6-8-16(10-15)21-17(25)11-27-19-22-20-12-23(19)4/h6-8,10,12-14H,9,11H2,1-5H3,(H,21,25). The molecule has 0 radical (unpaired) electrons. The molecule has 0 spiro atoms. The van der Waals surface area contributed by atoms with Crippen LogP contribution in [0.15, 0.2) is 35.7 Å². The maximum absolute atomic E-state index is 12.7. The normalized spacial score (nSPS) is 12.1. The summed E-state index contributed by atoms with van der Waals surface area (Å²) in [4.78, 5) is 26.6. The maximum Gasteiger partial charge on any atom is 0.253 e. The summed E-state index contributed by atoms with van der Waals surface area (Å²) in [6.07, 6.45) is 2.53. The number of carbonyl (C=O) groups excluding carboxylic acids is 2. The molecule has 1 N–H and O–H groups in total. The SMILES string of the molecule is CC(C)CC(C)N(C)C(=O)c1cccc(NC(=O)CSc2nncn2C)c1. The van der Waals surface area contributed by atoms with Crippen molar-refractivity contribution in [1.29, 1.82) is 0 Å². The molecule has 0 aliphatic rings. The summed E-state index contributed by atoms with van der Waals surface area (Å²) in [7, 11) is 3.64. The number of hydrogen-bond acceptors (Lipinski definition) is 5. The lowest BCUT2D eigenvalue weighted by molar-refractivity contribution is -0.113. The van der Waals surface area contributed by atoms with Crippen LogP contribution in [0.4, 0.5) is 5.69 Å². The van der Waals surface area contributed by atoms with E-state index in [2.05, 4.69) is 29.4 Å². The van der Waals surface area contributed by atoms with Crippen LogP contribution in [0.2, 0.25) is 0 Å². The van der Waals surface area contributed by atoms with Crippen LogP contribution in [0.1, 0.15) is 37.6 Å². The zero-order valence-electron chi connectivity index (χ0n) is 16.5.